The predicted octanol–water partition coefficient (Wildman–Crippen LogP) is 5.15. The van der Waals surface area contributed by atoms with Crippen molar-refractivity contribution in [2.45, 2.75) is 61.4 Å². The Balaban J connectivity index is 0.00000218. The van der Waals surface area contributed by atoms with Gasteiger partial charge in [0, 0.05) is 12.1 Å². The van der Waals surface area contributed by atoms with Gasteiger partial charge in [-0.2, -0.15) is 0 Å². The van der Waals surface area contributed by atoms with E-state index in [4.69, 9.17) is 14.2 Å². The Morgan fingerprint density at radius 1 is 1.07 bits per heavy atom. The van der Waals surface area contributed by atoms with Crippen LogP contribution in [0.15, 0.2) is 41.3 Å². The summed E-state index contributed by atoms with van der Waals surface area (Å²) in [6, 6.07) is 13.3. The molecule has 2 aromatic carbocycles. The van der Waals surface area contributed by atoms with Crippen molar-refractivity contribution < 1.29 is 19.3 Å². The molecule has 0 saturated carbocycles. The third-order valence-electron chi connectivity index (χ3n) is 6.07. The van der Waals surface area contributed by atoms with Crippen LogP contribution in [0.25, 0.3) is 0 Å². The van der Waals surface area contributed by atoms with Crippen LogP contribution in [0.5, 0.6) is 17.2 Å². The zero-order chi connectivity index (χ0) is 20.0. The van der Waals surface area contributed by atoms with Crippen molar-refractivity contribution in [1.82, 2.24) is 4.90 Å². The summed E-state index contributed by atoms with van der Waals surface area (Å²) in [5.41, 5.74) is 2.53. The molecule has 3 heterocycles. The average Bonchev–Trinajstić information content (AvgIpc) is 3.39. The quantitative estimate of drug-likeness (QED) is 0.681. The second-order valence-corrected chi connectivity index (χ2v) is 10.1. The number of aliphatic hydroxyl groups is 1. The molecule has 3 aliphatic rings. The lowest BCUT2D eigenvalue weighted by Gasteiger charge is -2.28. The lowest BCUT2D eigenvalue weighted by Crippen LogP contribution is -2.32. The fourth-order valence-corrected chi connectivity index (χ4v) is 5.76. The van der Waals surface area contributed by atoms with E-state index in [0.717, 1.165) is 42.9 Å². The van der Waals surface area contributed by atoms with Crippen LogP contribution in [0, 0.1) is 0 Å². The van der Waals surface area contributed by atoms with E-state index >= 15 is 0 Å². The number of rotatable bonds is 5. The van der Waals surface area contributed by atoms with E-state index in [-0.39, 0.29) is 30.1 Å². The lowest BCUT2D eigenvalue weighted by atomic mass is 10.0. The molecule has 1 N–H and O–H groups in total. The number of hydrogen-bond donors (Lipinski definition) is 1. The lowest BCUT2D eigenvalue weighted by molar-refractivity contribution is 0.0596. The SMILES string of the molecule is CC1(C)Oc2ccc(C3CCC(CCc4ccc5c(c4)OCO5)N3CO)cc2S1.Cl. The van der Waals surface area contributed by atoms with Crippen LogP contribution in [-0.2, 0) is 6.42 Å². The van der Waals surface area contributed by atoms with Gasteiger partial charge in [-0.1, -0.05) is 23.9 Å². The normalized spacial score (nSPS) is 23.7. The van der Waals surface area contributed by atoms with Crippen LogP contribution in [-0.4, -0.2) is 34.5 Å². The maximum atomic E-state index is 10.1. The van der Waals surface area contributed by atoms with Gasteiger partial charge in [-0.3, -0.25) is 4.90 Å². The molecule has 162 valence electrons. The molecule has 0 aliphatic carbocycles. The number of aliphatic hydroxyl groups excluding tert-OH is 1. The van der Waals surface area contributed by atoms with Crippen LogP contribution in [0.3, 0.4) is 0 Å². The number of ether oxygens (including phenoxy) is 3. The largest absolute Gasteiger partial charge is 0.476 e. The van der Waals surface area contributed by atoms with Gasteiger partial charge in [0.25, 0.3) is 0 Å². The van der Waals surface area contributed by atoms with E-state index in [1.54, 1.807) is 11.8 Å². The van der Waals surface area contributed by atoms with Crippen molar-refractivity contribution in [3.8, 4) is 17.2 Å². The fourth-order valence-electron chi connectivity index (χ4n) is 4.69. The smallest absolute Gasteiger partial charge is 0.231 e. The monoisotopic (exact) mass is 449 g/mol. The van der Waals surface area contributed by atoms with Gasteiger partial charge in [-0.05, 0) is 74.9 Å². The molecule has 2 unspecified atom stereocenters. The first-order valence-electron chi connectivity index (χ1n) is 10.3. The maximum absolute atomic E-state index is 10.1. The Bertz CT molecular complexity index is 922. The molecule has 1 fully saturated rings. The zero-order valence-corrected chi connectivity index (χ0v) is 18.9. The molecule has 1 saturated heterocycles. The van der Waals surface area contributed by atoms with E-state index < -0.39 is 0 Å². The molecule has 2 atom stereocenters. The number of thioether (sulfide) groups is 1. The Labute approximate surface area is 188 Å². The van der Waals surface area contributed by atoms with Gasteiger partial charge in [-0.25, -0.2) is 0 Å². The summed E-state index contributed by atoms with van der Waals surface area (Å²) >= 11 is 1.77. The summed E-state index contributed by atoms with van der Waals surface area (Å²) in [6.45, 7) is 4.59. The number of nitrogens with zero attached hydrogens (tertiary/aromatic N) is 1. The number of fused-ring (bicyclic) bond motifs is 2. The van der Waals surface area contributed by atoms with Crippen molar-refractivity contribution in [1.29, 1.82) is 0 Å². The Kier molecular flexibility index (Phi) is 6.13. The number of likely N-dealkylation sites (tertiary alicyclic amines) is 1. The molecule has 7 heteroatoms. The van der Waals surface area contributed by atoms with Crippen molar-refractivity contribution in [3.05, 3.63) is 47.5 Å². The van der Waals surface area contributed by atoms with E-state index in [2.05, 4.69) is 49.1 Å². The van der Waals surface area contributed by atoms with Crippen molar-refractivity contribution in [2.75, 3.05) is 13.5 Å². The summed E-state index contributed by atoms with van der Waals surface area (Å²) < 4.78 is 16.9. The first-order valence-corrected chi connectivity index (χ1v) is 11.1. The highest BCUT2D eigenvalue weighted by Gasteiger charge is 2.36. The second-order valence-electron chi connectivity index (χ2n) is 8.44. The van der Waals surface area contributed by atoms with E-state index in [0.29, 0.717) is 12.8 Å². The zero-order valence-electron chi connectivity index (χ0n) is 17.3. The minimum atomic E-state index is -0.208. The van der Waals surface area contributed by atoms with Gasteiger partial charge < -0.3 is 19.3 Å². The molecule has 0 aromatic heterocycles. The summed E-state index contributed by atoms with van der Waals surface area (Å²) in [6.07, 6.45) is 4.15. The number of benzene rings is 2. The highest BCUT2D eigenvalue weighted by atomic mass is 35.5. The standard InChI is InChI=1S/C23H27NO4S.ClH/c1-23(2)28-20-10-5-16(12-22(20)29-23)18-8-7-17(24(18)13-25)6-3-15-4-9-19-21(11-15)27-14-26-19;/h4-5,9-12,17-18,25H,3,6-8,13-14H2,1-2H3;1H. The summed E-state index contributed by atoms with van der Waals surface area (Å²) in [5, 5.41) is 10.1. The number of halogens is 1. The predicted molar refractivity (Wildman–Crippen MR) is 120 cm³/mol. The molecule has 0 radical (unpaired) electrons. The van der Waals surface area contributed by atoms with Gasteiger partial charge in [-0.15, -0.1) is 12.4 Å². The first-order chi connectivity index (χ1) is 14.0. The van der Waals surface area contributed by atoms with Crippen LogP contribution >= 0.6 is 24.2 Å². The van der Waals surface area contributed by atoms with Gasteiger partial charge in [0.15, 0.2) is 16.4 Å². The van der Waals surface area contributed by atoms with Gasteiger partial charge in [0.05, 0.1) is 11.6 Å². The van der Waals surface area contributed by atoms with Crippen LogP contribution in [0.1, 0.15) is 50.3 Å². The molecule has 0 amide bonds. The minimum Gasteiger partial charge on any atom is -0.476 e. The Morgan fingerprint density at radius 3 is 2.70 bits per heavy atom. The first kappa shape index (κ1) is 21.6. The van der Waals surface area contributed by atoms with E-state index in [9.17, 15) is 5.11 Å². The molecule has 30 heavy (non-hydrogen) atoms. The summed E-state index contributed by atoms with van der Waals surface area (Å²) in [4.78, 5) is 3.25. The van der Waals surface area contributed by atoms with Crippen molar-refractivity contribution in [2.24, 2.45) is 0 Å². The molecular weight excluding hydrogens is 422 g/mol. The Morgan fingerprint density at radius 2 is 1.87 bits per heavy atom. The number of hydrogen-bond acceptors (Lipinski definition) is 6. The van der Waals surface area contributed by atoms with Crippen molar-refractivity contribution in [3.63, 3.8) is 0 Å². The molecular formula is C23H28ClNO4S. The topological polar surface area (TPSA) is 51.2 Å². The van der Waals surface area contributed by atoms with Gasteiger partial charge in [0.1, 0.15) is 5.75 Å². The maximum Gasteiger partial charge on any atom is 0.231 e. The third-order valence-corrected chi connectivity index (χ3v) is 7.19. The number of aryl methyl sites for hydroxylation is 1. The highest BCUT2D eigenvalue weighted by Crippen LogP contribution is 2.49. The average molecular weight is 450 g/mol. The van der Waals surface area contributed by atoms with Gasteiger partial charge in [0.2, 0.25) is 6.79 Å². The fraction of sp³-hybridized carbons (Fsp3) is 0.478. The molecule has 3 aliphatic heterocycles. The summed E-state index contributed by atoms with van der Waals surface area (Å²) in [5.74, 6) is 2.64. The second kappa shape index (κ2) is 8.50. The summed E-state index contributed by atoms with van der Waals surface area (Å²) in [7, 11) is 0. The van der Waals surface area contributed by atoms with Crippen LogP contribution < -0.4 is 14.2 Å². The van der Waals surface area contributed by atoms with Crippen LogP contribution in [0.4, 0.5) is 0 Å². The third kappa shape index (κ3) is 4.11. The molecule has 0 bridgehead atoms. The molecule has 2 aromatic rings. The van der Waals surface area contributed by atoms with Gasteiger partial charge >= 0.3 is 0 Å². The highest BCUT2D eigenvalue weighted by molar-refractivity contribution is 8.00. The van der Waals surface area contributed by atoms with Crippen molar-refractivity contribution >= 4 is 24.2 Å². The van der Waals surface area contributed by atoms with Crippen LogP contribution in [0.2, 0.25) is 0 Å². The van der Waals surface area contributed by atoms with E-state index in [1.807, 2.05) is 6.07 Å². The molecule has 5 nitrogen and oxygen atoms in total. The Hall–Kier alpha value is -1.60. The minimum absolute atomic E-state index is 0. The van der Waals surface area contributed by atoms with E-state index in [1.165, 1.54) is 16.0 Å². The molecule has 0 spiro atoms. The molecule has 5 rings (SSSR count).